The first kappa shape index (κ1) is 29.9. The Kier molecular flexibility index (Phi) is 7.57. The Hall–Kier alpha value is -6.23. The molecule has 0 saturated carbocycles. The van der Waals surface area contributed by atoms with Crippen molar-refractivity contribution in [1.29, 1.82) is 0 Å². The maximum Gasteiger partial charge on any atom is 0.176 e. The molecule has 50 heavy (non-hydrogen) atoms. The van der Waals surface area contributed by atoms with Crippen LogP contribution in [0.25, 0.3) is 64.5 Å². The first-order valence-corrected chi connectivity index (χ1v) is 17.6. The van der Waals surface area contributed by atoms with Crippen LogP contribution in [0.4, 0.5) is 5.69 Å². The molecular formula is C46H32N2OS. The van der Waals surface area contributed by atoms with Crippen LogP contribution in [-0.2, 0) is 6.54 Å². The number of aliphatic imine (C=N–C) groups is 1. The lowest BCUT2D eigenvalue weighted by atomic mass is 9.99. The molecule has 0 saturated heterocycles. The van der Waals surface area contributed by atoms with Crippen molar-refractivity contribution in [2.24, 2.45) is 4.99 Å². The Morgan fingerprint density at radius 2 is 1.04 bits per heavy atom. The molecule has 0 radical (unpaired) electrons. The van der Waals surface area contributed by atoms with E-state index >= 15 is 0 Å². The number of nitrogens with zero attached hydrogens (tertiary/aromatic N) is 1. The first-order chi connectivity index (χ1) is 24.7. The summed E-state index contributed by atoms with van der Waals surface area (Å²) in [7, 11) is 0. The second-order valence-electron chi connectivity index (χ2n) is 12.5. The fourth-order valence-corrected chi connectivity index (χ4v) is 7.81. The second kappa shape index (κ2) is 12.7. The topological polar surface area (TPSA) is 51.5 Å². The quantitative estimate of drug-likeness (QED) is 0.173. The zero-order chi connectivity index (χ0) is 33.4. The van der Waals surface area contributed by atoms with Crippen LogP contribution >= 0.6 is 11.3 Å². The van der Waals surface area contributed by atoms with E-state index in [0.717, 1.165) is 44.5 Å². The van der Waals surface area contributed by atoms with Gasteiger partial charge >= 0.3 is 0 Å². The largest absolute Gasteiger partial charge is 0.452 e. The fraction of sp³-hybridized carbons (Fsp3) is 0.0217. The lowest BCUT2D eigenvalue weighted by Crippen LogP contribution is -2.06. The van der Waals surface area contributed by atoms with Crippen molar-refractivity contribution in [1.82, 2.24) is 0 Å². The molecule has 238 valence electrons. The third kappa shape index (κ3) is 5.56. The molecule has 4 heteroatoms. The van der Waals surface area contributed by atoms with Crippen molar-refractivity contribution in [3.63, 3.8) is 0 Å². The Bertz CT molecular complexity index is 2650. The molecule has 0 aliphatic rings. The fourth-order valence-electron chi connectivity index (χ4n) is 6.73. The average Bonchev–Trinajstić information content (AvgIpc) is 3.72. The summed E-state index contributed by atoms with van der Waals surface area (Å²) in [5, 5.41) is 3.44. The molecule has 2 heterocycles. The van der Waals surface area contributed by atoms with E-state index in [1.807, 2.05) is 29.5 Å². The van der Waals surface area contributed by atoms with E-state index < -0.39 is 0 Å². The first-order valence-electron chi connectivity index (χ1n) is 16.8. The number of furan rings is 1. The Balaban J connectivity index is 1.10. The summed E-state index contributed by atoms with van der Waals surface area (Å²) in [6.45, 7) is 0.487. The molecule has 0 fully saturated rings. The molecule has 0 aliphatic heterocycles. The van der Waals surface area contributed by atoms with Crippen LogP contribution in [0.1, 0.15) is 16.9 Å². The van der Waals surface area contributed by atoms with Gasteiger partial charge in [-0.1, -0.05) is 140 Å². The van der Waals surface area contributed by atoms with Crippen molar-refractivity contribution in [3.8, 4) is 33.4 Å². The number of fused-ring (bicyclic) bond motifs is 4. The molecule has 0 aliphatic carbocycles. The van der Waals surface area contributed by atoms with Gasteiger partial charge in [0.1, 0.15) is 11.3 Å². The number of thiophene rings is 1. The number of benzene rings is 7. The van der Waals surface area contributed by atoms with Crippen molar-refractivity contribution in [3.05, 3.63) is 187 Å². The molecule has 0 unspecified atom stereocenters. The van der Waals surface area contributed by atoms with Crippen LogP contribution in [0.15, 0.2) is 179 Å². The summed E-state index contributed by atoms with van der Waals surface area (Å²) in [4.78, 5) is 5.18. The summed E-state index contributed by atoms with van der Waals surface area (Å²) in [5.74, 6) is 0.588. The van der Waals surface area contributed by atoms with Gasteiger partial charge < -0.3 is 10.2 Å². The van der Waals surface area contributed by atoms with Crippen molar-refractivity contribution < 1.29 is 4.42 Å². The van der Waals surface area contributed by atoms with Gasteiger partial charge in [-0.25, -0.2) is 0 Å². The monoisotopic (exact) mass is 660 g/mol. The highest BCUT2D eigenvalue weighted by molar-refractivity contribution is 7.25. The molecule has 2 N–H and O–H groups in total. The molecule has 3 nitrogen and oxygen atoms in total. The van der Waals surface area contributed by atoms with Crippen molar-refractivity contribution in [2.75, 3.05) is 5.73 Å². The van der Waals surface area contributed by atoms with E-state index in [1.54, 1.807) is 0 Å². The van der Waals surface area contributed by atoms with Gasteiger partial charge in [0.05, 0.1) is 12.2 Å². The molecular weight excluding hydrogens is 629 g/mol. The van der Waals surface area contributed by atoms with E-state index in [4.69, 9.17) is 15.1 Å². The minimum atomic E-state index is 0.487. The summed E-state index contributed by atoms with van der Waals surface area (Å²) in [6.07, 6.45) is 0. The summed E-state index contributed by atoms with van der Waals surface area (Å²) in [5.41, 5.74) is 18.0. The van der Waals surface area contributed by atoms with E-state index in [-0.39, 0.29) is 0 Å². The summed E-state index contributed by atoms with van der Waals surface area (Å²) in [6, 6.07) is 59.5. The van der Waals surface area contributed by atoms with Crippen LogP contribution in [0.3, 0.4) is 0 Å². The van der Waals surface area contributed by atoms with Crippen LogP contribution in [-0.4, -0.2) is 5.71 Å². The molecule has 0 amide bonds. The van der Waals surface area contributed by atoms with Crippen LogP contribution in [0.5, 0.6) is 0 Å². The van der Waals surface area contributed by atoms with Gasteiger partial charge in [0.2, 0.25) is 0 Å². The second-order valence-corrected chi connectivity index (χ2v) is 13.6. The third-order valence-corrected chi connectivity index (χ3v) is 10.5. The minimum absolute atomic E-state index is 0.487. The maximum absolute atomic E-state index is 6.97. The number of nitrogens with two attached hydrogens (primary N) is 1. The normalized spacial score (nSPS) is 11.9. The molecule has 2 aromatic heterocycles. The van der Waals surface area contributed by atoms with E-state index in [1.165, 1.54) is 36.9 Å². The SMILES string of the molecule is Nc1c(/C(=N\Cc2ccc(-c3ccccc3)cc2)c2ccc(-c3ccccc3)cc2)oc2ccc(-c3ccc4sc5ccccc5c4c3)cc12. The van der Waals surface area contributed by atoms with Gasteiger partial charge in [-0.2, -0.15) is 0 Å². The van der Waals surface area contributed by atoms with Gasteiger partial charge in [0, 0.05) is 31.1 Å². The van der Waals surface area contributed by atoms with Gasteiger partial charge in [-0.15, -0.1) is 11.3 Å². The molecule has 7 aromatic carbocycles. The van der Waals surface area contributed by atoms with E-state index in [2.05, 4.69) is 152 Å². The smallest absolute Gasteiger partial charge is 0.176 e. The lowest BCUT2D eigenvalue weighted by Gasteiger charge is -2.09. The van der Waals surface area contributed by atoms with E-state index in [9.17, 15) is 0 Å². The maximum atomic E-state index is 6.97. The highest BCUT2D eigenvalue weighted by Crippen LogP contribution is 2.38. The highest BCUT2D eigenvalue weighted by atomic mass is 32.1. The Labute approximate surface area is 294 Å². The zero-order valence-electron chi connectivity index (χ0n) is 27.2. The minimum Gasteiger partial charge on any atom is -0.452 e. The third-order valence-electron chi connectivity index (χ3n) is 9.40. The molecule has 0 spiro atoms. The predicted octanol–water partition coefficient (Wildman–Crippen LogP) is 12.4. The van der Waals surface area contributed by atoms with Crippen LogP contribution in [0, 0.1) is 0 Å². The number of hydrogen-bond acceptors (Lipinski definition) is 4. The van der Waals surface area contributed by atoms with Gasteiger partial charge in [0.25, 0.3) is 0 Å². The lowest BCUT2D eigenvalue weighted by molar-refractivity contribution is 0.606. The Morgan fingerprint density at radius 3 is 1.74 bits per heavy atom. The standard InChI is InChI=1S/C46H32N2OS/c47-44-40-28-36(37-24-26-43-39(27-37)38-13-7-8-14-42(38)50-43)23-25-41(40)49-46(44)45(35-21-19-34(20-22-35)32-11-5-2-6-12-32)48-29-30-15-17-33(18-16-30)31-9-3-1-4-10-31/h1-28H,29,47H2/b48-45-. The predicted molar refractivity (Wildman–Crippen MR) is 212 cm³/mol. The van der Waals surface area contributed by atoms with Gasteiger partial charge in [0.15, 0.2) is 5.76 Å². The Morgan fingerprint density at radius 1 is 0.500 bits per heavy atom. The number of hydrogen-bond donors (Lipinski definition) is 1. The average molecular weight is 661 g/mol. The van der Waals surface area contributed by atoms with Crippen LogP contribution < -0.4 is 5.73 Å². The summed E-state index contributed by atoms with van der Waals surface area (Å²) < 4.78 is 9.14. The number of anilines is 1. The van der Waals surface area contributed by atoms with Crippen LogP contribution in [0.2, 0.25) is 0 Å². The number of rotatable bonds is 7. The van der Waals surface area contributed by atoms with Gasteiger partial charge in [-0.05, 0) is 69.3 Å². The molecule has 0 bridgehead atoms. The van der Waals surface area contributed by atoms with E-state index in [0.29, 0.717) is 18.0 Å². The van der Waals surface area contributed by atoms with Crippen molar-refractivity contribution in [2.45, 2.75) is 6.54 Å². The molecule has 9 aromatic rings. The van der Waals surface area contributed by atoms with Crippen molar-refractivity contribution >= 4 is 53.9 Å². The molecule has 9 rings (SSSR count). The zero-order valence-corrected chi connectivity index (χ0v) is 28.0. The summed E-state index contributed by atoms with van der Waals surface area (Å²) >= 11 is 1.83. The highest BCUT2D eigenvalue weighted by Gasteiger charge is 2.20. The molecule has 0 atom stereocenters. The van der Waals surface area contributed by atoms with Gasteiger partial charge in [-0.3, -0.25) is 4.99 Å². The number of nitrogen functional groups attached to an aromatic ring is 1.